The summed E-state index contributed by atoms with van der Waals surface area (Å²) in [7, 11) is 0. The first-order valence-electron chi connectivity index (χ1n) is 4.23. The van der Waals surface area contributed by atoms with Crippen LogP contribution in [0.5, 0.6) is 5.75 Å². The molecule has 2 rings (SSSR count). The summed E-state index contributed by atoms with van der Waals surface area (Å²) < 4.78 is 5.27. The Morgan fingerprint density at radius 1 is 1.60 bits per heavy atom. The first kappa shape index (κ1) is 9.83. The number of hydrogen-bond acceptors (Lipinski definition) is 3. The second-order valence-electron chi connectivity index (χ2n) is 3.04. The van der Waals surface area contributed by atoms with Gasteiger partial charge >= 0.3 is 0 Å². The SMILES string of the molecule is [N-]=[N+]=NC1COc2ccc(Cl)cc2C1=O. The quantitative estimate of drug-likeness (QED) is 0.417. The zero-order chi connectivity index (χ0) is 10.8. The zero-order valence-corrected chi connectivity index (χ0v) is 8.31. The van der Waals surface area contributed by atoms with Gasteiger partial charge in [0.15, 0.2) is 5.78 Å². The van der Waals surface area contributed by atoms with Crippen molar-refractivity contribution >= 4 is 17.4 Å². The van der Waals surface area contributed by atoms with Crippen LogP contribution in [0.2, 0.25) is 5.02 Å². The molecule has 15 heavy (non-hydrogen) atoms. The second kappa shape index (κ2) is 3.81. The van der Waals surface area contributed by atoms with E-state index < -0.39 is 6.04 Å². The lowest BCUT2D eigenvalue weighted by Crippen LogP contribution is -2.30. The Bertz CT molecular complexity index is 468. The van der Waals surface area contributed by atoms with Gasteiger partial charge in [-0.15, -0.1) is 0 Å². The van der Waals surface area contributed by atoms with Crippen LogP contribution in [0.3, 0.4) is 0 Å². The van der Waals surface area contributed by atoms with Gasteiger partial charge in [-0.1, -0.05) is 16.7 Å². The fourth-order valence-corrected chi connectivity index (χ4v) is 1.56. The molecule has 0 fully saturated rings. The van der Waals surface area contributed by atoms with E-state index in [1.807, 2.05) is 0 Å². The molecule has 6 heteroatoms. The first-order valence-corrected chi connectivity index (χ1v) is 4.61. The lowest BCUT2D eigenvalue weighted by molar-refractivity contribution is 0.0900. The number of carbonyl (C=O) groups excluding carboxylic acids is 1. The Kier molecular flexibility index (Phi) is 2.49. The molecule has 0 amide bonds. The van der Waals surface area contributed by atoms with Gasteiger partial charge in [0.05, 0.1) is 5.56 Å². The molecule has 1 atom stereocenters. The summed E-state index contributed by atoms with van der Waals surface area (Å²) in [6.07, 6.45) is 0. The Morgan fingerprint density at radius 2 is 2.40 bits per heavy atom. The van der Waals surface area contributed by atoms with Gasteiger partial charge in [-0.2, -0.15) is 0 Å². The maximum atomic E-state index is 11.8. The normalized spacial score (nSPS) is 18.7. The van der Waals surface area contributed by atoms with E-state index in [1.165, 1.54) is 6.07 Å². The van der Waals surface area contributed by atoms with Gasteiger partial charge in [-0.05, 0) is 23.7 Å². The molecule has 76 valence electrons. The van der Waals surface area contributed by atoms with E-state index in [1.54, 1.807) is 12.1 Å². The fourth-order valence-electron chi connectivity index (χ4n) is 1.39. The predicted molar refractivity (Wildman–Crippen MR) is 54.2 cm³/mol. The van der Waals surface area contributed by atoms with Crippen molar-refractivity contribution in [1.82, 2.24) is 0 Å². The van der Waals surface area contributed by atoms with E-state index >= 15 is 0 Å². The Morgan fingerprint density at radius 3 is 3.13 bits per heavy atom. The third kappa shape index (κ3) is 1.75. The standard InChI is InChI=1S/C9H6ClN3O2/c10-5-1-2-8-6(3-5)9(14)7(4-15-8)12-13-11/h1-3,7H,4H2. The van der Waals surface area contributed by atoms with Gasteiger partial charge < -0.3 is 4.74 Å². The van der Waals surface area contributed by atoms with E-state index in [-0.39, 0.29) is 12.4 Å². The van der Waals surface area contributed by atoms with Crippen LogP contribution in [0.4, 0.5) is 0 Å². The van der Waals surface area contributed by atoms with Gasteiger partial charge in [0.1, 0.15) is 18.4 Å². The molecular weight excluding hydrogens is 218 g/mol. The molecule has 1 aliphatic heterocycles. The van der Waals surface area contributed by atoms with Crippen LogP contribution in [0.25, 0.3) is 10.4 Å². The number of nitrogens with zero attached hydrogens (tertiary/aromatic N) is 3. The molecule has 0 aromatic heterocycles. The highest BCUT2D eigenvalue weighted by molar-refractivity contribution is 6.31. The van der Waals surface area contributed by atoms with Crippen LogP contribution >= 0.6 is 11.6 Å². The number of ketones is 1. The smallest absolute Gasteiger partial charge is 0.179 e. The van der Waals surface area contributed by atoms with Crippen LogP contribution in [-0.4, -0.2) is 18.4 Å². The number of azide groups is 1. The lowest BCUT2D eigenvalue weighted by atomic mass is 10.0. The molecule has 1 heterocycles. The van der Waals surface area contributed by atoms with Gasteiger partial charge in [-0.25, -0.2) is 0 Å². The Balaban J connectivity index is 2.44. The predicted octanol–water partition coefficient (Wildman–Crippen LogP) is 2.59. The third-order valence-corrected chi connectivity index (χ3v) is 2.33. The molecule has 5 nitrogen and oxygen atoms in total. The largest absolute Gasteiger partial charge is 0.492 e. The van der Waals surface area contributed by atoms with Gasteiger partial charge in [-0.3, -0.25) is 4.79 Å². The Hall–Kier alpha value is -1.71. The molecule has 1 aromatic carbocycles. The van der Waals surface area contributed by atoms with E-state index in [2.05, 4.69) is 10.0 Å². The van der Waals surface area contributed by atoms with Crippen molar-refractivity contribution in [2.45, 2.75) is 6.04 Å². The van der Waals surface area contributed by atoms with Crippen LogP contribution in [0.15, 0.2) is 23.3 Å². The molecule has 1 aromatic rings. The molecule has 0 N–H and O–H groups in total. The summed E-state index contributed by atoms with van der Waals surface area (Å²) in [5, 5.41) is 3.81. The minimum atomic E-state index is -0.791. The fraction of sp³-hybridized carbons (Fsp3) is 0.222. The molecule has 1 unspecified atom stereocenters. The minimum Gasteiger partial charge on any atom is -0.492 e. The molecule has 1 aliphatic rings. The van der Waals surface area contributed by atoms with E-state index in [4.69, 9.17) is 21.9 Å². The summed E-state index contributed by atoms with van der Waals surface area (Å²) in [6, 6.07) is 3.99. The highest BCUT2D eigenvalue weighted by atomic mass is 35.5. The first-order chi connectivity index (χ1) is 7.22. The van der Waals surface area contributed by atoms with Crippen LogP contribution < -0.4 is 4.74 Å². The summed E-state index contributed by atoms with van der Waals surface area (Å²) in [4.78, 5) is 14.4. The summed E-state index contributed by atoms with van der Waals surface area (Å²) in [6.45, 7) is 0.0809. The molecular formula is C9H6ClN3O2. The summed E-state index contributed by atoms with van der Waals surface area (Å²) in [5.74, 6) is 0.227. The topological polar surface area (TPSA) is 75.1 Å². The monoisotopic (exact) mass is 223 g/mol. The number of halogens is 1. The highest BCUT2D eigenvalue weighted by Gasteiger charge is 2.27. The number of ether oxygens (including phenoxy) is 1. The molecule has 0 aliphatic carbocycles. The van der Waals surface area contributed by atoms with Crippen LogP contribution in [0, 0.1) is 0 Å². The van der Waals surface area contributed by atoms with Crippen molar-refractivity contribution in [3.8, 4) is 5.75 Å². The maximum absolute atomic E-state index is 11.8. The number of hydrogen-bond donors (Lipinski definition) is 0. The van der Waals surface area contributed by atoms with Crippen molar-refractivity contribution in [3.63, 3.8) is 0 Å². The van der Waals surface area contributed by atoms with Crippen molar-refractivity contribution < 1.29 is 9.53 Å². The molecule has 0 bridgehead atoms. The summed E-state index contributed by atoms with van der Waals surface area (Å²) in [5.41, 5.74) is 8.63. The van der Waals surface area contributed by atoms with Crippen LogP contribution in [-0.2, 0) is 0 Å². The lowest BCUT2D eigenvalue weighted by Gasteiger charge is -2.20. The number of fused-ring (bicyclic) bond motifs is 1. The van der Waals surface area contributed by atoms with Gasteiger partial charge in [0.25, 0.3) is 0 Å². The van der Waals surface area contributed by atoms with Gasteiger partial charge in [0.2, 0.25) is 0 Å². The molecule has 0 saturated heterocycles. The molecule has 0 saturated carbocycles. The highest BCUT2D eigenvalue weighted by Crippen LogP contribution is 2.28. The average Bonchev–Trinajstić information content (AvgIpc) is 2.23. The van der Waals surface area contributed by atoms with E-state index in [0.29, 0.717) is 16.3 Å². The minimum absolute atomic E-state index is 0.0809. The van der Waals surface area contributed by atoms with Crippen molar-refractivity contribution in [1.29, 1.82) is 0 Å². The number of rotatable bonds is 1. The number of benzene rings is 1. The molecule has 0 spiro atoms. The van der Waals surface area contributed by atoms with Crippen molar-refractivity contribution in [2.75, 3.05) is 6.61 Å². The summed E-state index contributed by atoms with van der Waals surface area (Å²) >= 11 is 5.76. The maximum Gasteiger partial charge on any atom is 0.179 e. The molecule has 0 radical (unpaired) electrons. The van der Waals surface area contributed by atoms with E-state index in [9.17, 15) is 4.79 Å². The zero-order valence-electron chi connectivity index (χ0n) is 7.55. The number of carbonyl (C=O) groups is 1. The van der Waals surface area contributed by atoms with Crippen LogP contribution in [0.1, 0.15) is 10.4 Å². The second-order valence-corrected chi connectivity index (χ2v) is 3.47. The van der Waals surface area contributed by atoms with E-state index in [0.717, 1.165) is 0 Å². The average molecular weight is 224 g/mol. The third-order valence-electron chi connectivity index (χ3n) is 2.10. The number of Topliss-reactive ketones (excluding diaryl/α,β-unsaturated/α-hetero) is 1. The Labute approximate surface area is 90.2 Å². The van der Waals surface area contributed by atoms with Gasteiger partial charge in [0, 0.05) is 9.93 Å². The van der Waals surface area contributed by atoms with Crippen molar-refractivity contribution in [3.05, 3.63) is 39.2 Å². The van der Waals surface area contributed by atoms with Crippen molar-refractivity contribution in [2.24, 2.45) is 5.11 Å².